The second-order valence-electron chi connectivity index (χ2n) is 5.41. The molecular formula is C16H25N3O2. The molecule has 0 heterocycles. The van der Waals surface area contributed by atoms with Crippen LogP contribution in [0.2, 0.25) is 0 Å². The van der Waals surface area contributed by atoms with E-state index in [1.54, 1.807) is 0 Å². The molecule has 0 radical (unpaired) electrons. The van der Waals surface area contributed by atoms with E-state index in [-0.39, 0.29) is 11.8 Å². The number of anilines is 1. The van der Waals surface area contributed by atoms with E-state index in [4.69, 9.17) is 0 Å². The second kappa shape index (κ2) is 9.13. The van der Waals surface area contributed by atoms with Gasteiger partial charge >= 0.3 is 0 Å². The number of benzene rings is 1. The Balaban J connectivity index is 2.51. The Kier molecular flexibility index (Phi) is 7.46. The van der Waals surface area contributed by atoms with Crippen molar-refractivity contribution in [3.8, 4) is 0 Å². The minimum Gasteiger partial charge on any atom is -0.345 e. The molecule has 0 aliphatic carbocycles. The van der Waals surface area contributed by atoms with Gasteiger partial charge in [0, 0.05) is 12.6 Å². The molecule has 0 saturated carbocycles. The zero-order valence-electron chi connectivity index (χ0n) is 13.1. The third-order valence-corrected chi connectivity index (χ3v) is 3.08. The topological polar surface area (TPSA) is 61.4 Å². The molecule has 1 rings (SSSR count). The minimum atomic E-state index is -0.482. The van der Waals surface area contributed by atoms with Crippen molar-refractivity contribution >= 4 is 17.5 Å². The summed E-state index contributed by atoms with van der Waals surface area (Å²) >= 11 is 0. The van der Waals surface area contributed by atoms with Crippen LogP contribution in [0.4, 0.5) is 5.69 Å². The number of nitrogens with zero attached hydrogens (tertiary/aromatic N) is 1. The molecule has 1 aromatic carbocycles. The van der Waals surface area contributed by atoms with Gasteiger partial charge in [0.25, 0.3) is 0 Å². The molecule has 116 valence electrons. The number of para-hydroxylation sites is 1. The molecule has 1 unspecified atom stereocenters. The van der Waals surface area contributed by atoms with Crippen LogP contribution in [0.25, 0.3) is 0 Å². The SMILES string of the molecule is CC(=O)NC(CCCCN(C)C)C(=O)Nc1ccccc1. The normalized spacial score (nSPS) is 12.0. The highest BCUT2D eigenvalue weighted by molar-refractivity contribution is 5.96. The maximum atomic E-state index is 12.2. The fourth-order valence-corrected chi connectivity index (χ4v) is 2.04. The van der Waals surface area contributed by atoms with E-state index in [1.165, 1.54) is 6.92 Å². The summed E-state index contributed by atoms with van der Waals surface area (Å²) in [5.41, 5.74) is 0.742. The maximum absolute atomic E-state index is 12.2. The fraction of sp³-hybridized carbons (Fsp3) is 0.500. The van der Waals surface area contributed by atoms with E-state index >= 15 is 0 Å². The highest BCUT2D eigenvalue weighted by Crippen LogP contribution is 2.08. The first kappa shape index (κ1) is 17.2. The summed E-state index contributed by atoms with van der Waals surface area (Å²) in [5, 5.41) is 5.56. The molecule has 0 fully saturated rings. The minimum absolute atomic E-state index is 0.166. The van der Waals surface area contributed by atoms with E-state index in [1.807, 2.05) is 44.4 Å². The molecule has 0 aliphatic rings. The average molecular weight is 291 g/mol. The van der Waals surface area contributed by atoms with Crippen molar-refractivity contribution in [1.82, 2.24) is 10.2 Å². The van der Waals surface area contributed by atoms with Crippen LogP contribution in [-0.2, 0) is 9.59 Å². The van der Waals surface area contributed by atoms with Crippen molar-refractivity contribution in [2.75, 3.05) is 26.0 Å². The van der Waals surface area contributed by atoms with Crippen molar-refractivity contribution < 1.29 is 9.59 Å². The van der Waals surface area contributed by atoms with Gasteiger partial charge < -0.3 is 15.5 Å². The summed E-state index contributed by atoms with van der Waals surface area (Å²) in [6.45, 7) is 2.41. The van der Waals surface area contributed by atoms with Gasteiger partial charge in [0.05, 0.1) is 0 Å². The third-order valence-electron chi connectivity index (χ3n) is 3.08. The van der Waals surface area contributed by atoms with Crippen molar-refractivity contribution in [2.45, 2.75) is 32.2 Å². The van der Waals surface area contributed by atoms with Gasteiger partial charge in [-0.3, -0.25) is 9.59 Å². The van der Waals surface area contributed by atoms with Gasteiger partial charge in [-0.05, 0) is 52.0 Å². The van der Waals surface area contributed by atoms with Crippen LogP contribution in [0.1, 0.15) is 26.2 Å². The summed E-state index contributed by atoms with van der Waals surface area (Å²) in [7, 11) is 4.04. The molecule has 0 aliphatic heterocycles. The Morgan fingerprint density at radius 3 is 2.38 bits per heavy atom. The van der Waals surface area contributed by atoms with Gasteiger partial charge in [-0.2, -0.15) is 0 Å². The van der Waals surface area contributed by atoms with Crippen LogP contribution < -0.4 is 10.6 Å². The summed E-state index contributed by atoms with van der Waals surface area (Å²) in [4.78, 5) is 25.6. The molecule has 1 aromatic rings. The van der Waals surface area contributed by atoms with Crippen LogP contribution in [0.5, 0.6) is 0 Å². The second-order valence-corrected chi connectivity index (χ2v) is 5.41. The number of carbonyl (C=O) groups is 2. The van der Waals surface area contributed by atoms with E-state index < -0.39 is 6.04 Å². The van der Waals surface area contributed by atoms with Crippen LogP contribution >= 0.6 is 0 Å². The smallest absolute Gasteiger partial charge is 0.246 e. The van der Waals surface area contributed by atoms with Crippen LogP contribution in [0.15, 0.2) is 30.3 Å². The highest BCUT2D eigenvalue weighted by Gasteiger charge is 2.18. The first-order chi connectivity index (χ1) is 9.99. The lowest BCUT2D eigenvalue weighted by molar-refractivity contribution is -0.125. The monoisotopic (exact) mass is 291 g/mol. The molecule has 21 heavy (non-hydrogen) atoms. The number of rotatable bonds is 8. The number of hydrogen-bond acceptors (Lipinski definition) is 3. The van der Waals surface area contributed by atoms with Gasteiger partial charge in [0.1, 0.15) is 6.04 Å². The zero-order valence-corrected chi connectivity index (χ0v) is 13.1. The lowest BCUT2D eigenvalue weighted by Crippen LogP contribution is -2.42. The molecule has 2 N–H and O–H groups in total. The summed E-state index contributed by atoms with van der Waals surface area (Å²) in [6.07, 6.45) is 2.54. The standard InChI is InChI=1S/C16H25N3O2/c1-13(20)17-15(11-7-8-12-19(2)3)16(21)18-14-9-5-4-6-10-14/h4-6,9-10,15H,7-8,11-12H2,1-3H3,(H,17,20)(H,18,21). The zero-order chi connectivity index (χ0) is 15.7. The van der Waals surface area contributed by atoms with Gasteiger partial charge in [-0.25, -0.2) is 0 Å². The van der Waals surface area contributed by atoms with E-state index in [2.05, 4.69) is 15.5 Å². The molecule has 5 heteroatoms. The van der Waals surface area contributed by atoms with Crippen molar-refractivity contribution in [2.24, 2.45) is 0 Å². The molecule has 0 spiro atoms. The maximum Gasteiger partial charge on any atom is 0.246 e. The van der Waals surface area contributed by atoms with E-state index in [0.717, 1.165) is 25.1 Å². The Labute approximate surface area is 126 Å². The van der Waals surface area contributed by atoms with Gasteiger partial charge in [-0.15, -0.1) is 0 Å². The summed E-state index contributed by atoms with van der Waals surface area (Å²) in [6, 6.07) is 8.79. The van der Waals surface area contributed by atoms with Gasteiger partial charge in [0.2, 0.25) is 11.8 Å². The molecule has 0 saturated heterocycles. The van der Waals surface area contributed by atoms with Crippen LogP contribution in [0, 0.1) is 0 Å². The van der Waals surface area contributed by atoms with E-state index in [0.29, 0.717) is 6.42 Å². The van der Waals surface area contributed by atoms with Gasteiger partial charge in [-0.1, -0.05) is 18.2 Å². The Hall–Kier alpha value is -1.88. The Bertz CT molecular complexity index is 446. The molecule has 0 aromatic heterocycles. The third kappa shape index (κ3) is 7.46. The van der Waals surface area contributed by atoms with Crippen molar-refractivity contribution in [3.05, 3.63) is 30.3 Å². The fourth-order valence-electron chi connectivity index (χ4n) is 2.04. The van der Waals surface area contributed by atoms with Gasteiger partial charge in [0.15, 0.2) is 0 Å². The predicted octanol–water partition coefficient (Wildman–Crippen LogP) is 1.86. The first-order valence-electron chi connectivity index (χ1n) is 7.27. The molecular weight excluding hydrogens is 266 g/mol. The number of hydrogen-bond donors (Lipinski definition) is 2. The predicted molar refractivity (Wildman–Crippen MR) is 85.1 cm³/mol. The van der Waals surface area contributed by atoms with Crippen LogP contribution in [0.3, 0.4) is 0 Å². The largest absolute Gasteiger partial charge is 0.345 e. The summed E-state index contributed by atoms with van der Waals surface area (Å²) < 4.78 is 0. The first-order valence-corrected chi connectivity index (χ1v) is 7.27. The van der Waals surface area contributed by atoms with E-state index in [9.17, 15) is 9.59 Å². The quantitative estimate of drug-likeness (QED) is 0.719. The highest BCUT2D eigenvalue weighted by atomic mass is 16.2. The van der Waals surface area contributed by atoms with Crippen molar-refractivity contribution in [3.63, 3.8) is 0 Å². The number of unbranched alkanes of at least 4 members (excludes halogenated alkanes) is 1. The molecule has 1 atom stereocenters. The lowest BCUT2D eigenvalue weighted by atomic mass is 10.1. The summed E-state index contributed by atoms with van der Waals surface area (Å²) in [5.74, 6) is -0.350. The average Bonchev–Trinajstić information content (AvgIpc) is 2.42. The lowest BCUT2D eigenvalue weighted by Gasteiger charge is -2.18. The van der Waals surface area contributed by atoms with Crippen molar-refractivity contribution in [1.29, 1.82) is 0 Å². The molecule has 5 nitrogen and oxygen atoms in total. The number of carbonyl (C=O) groups excluding carboxylic acids is 2. The number of nitrogens with one attached hydrogen (secondary N) is 2. The molecule has 2 amide bonds. The Morgan fingerprint density at radius 1 is 1.14 bits per heavy atom. The van der Waals surface area contributed by atoms with Crippen LogP contribution in [-0.4, -0.2) is 43.4 Å². The molecule has 0 bridgehead atoms. The Morgan fingerprint density at radius 2 is 1.81 bits per heavy atom. The number of amides is 2.